The van der Waals surface area contributed by atoms with E-state index >= 15 is 0 Å². The molecule has 0 saturated heterocycles. The Morgan fingerprint density at radius 1 is 0.483 bits per heavy atom. The van der Waals surface area contributed by atoms with Crippen LogP contribution < -0.4 is 0 Å². The summed E-state index contributed by atoms with van der Waals surface area (Å²) in [6, 6.07) is 0. The van der Waals surface area contributed by atoms with Gasteiger partial charge in [-0.3, -0.25) is 0 Å². The number of rotatable bonds is 10. The van der Waals surface area contributed by atoms with Crippen LogP contribution in [0.15, 0.2) is 0 Å². The lowest BCUT2D eigenvalue weighted by molar-refractivity contribution is -0.449. The van der Waals surface area contributed by atoms with Gasteiger partial charge in [0.05, 0.1) is 0 Å². The van der Waals surface area contributed by atoms with Gasteiger partial charge in [0.15, 0.2) is 6.17 Å². The van der Waals surface area contributed by atoms with Crippen LogP contribution in [0.1, 0.15) is 19.8 Å². The van der Waals surface area contributed by atoms with Crippen molar-refractivity contribution in [2.75, 3.05) is 0 Å². The van der Waals surface area contributed by atoms with Crippen LogP contribution >= 0.6 is 0 Å². The summed E-state index contributed by atoms with van der Waals surface area (Å²) in [6.07, 6.45) is -12.8. The first kappa shape index (κ1) is 27.8. The van der Waals surface area contributed by atoms with Crippen LogP contribution in [0.25, 0.3) is 0 Å². The fourth-order valence-electron chi connectivity index (χ4n) is 1.78. The van der Waals surface area contributed by atoms with E-state index in [1.54, 1.807) is 0 Å². The van der Waals surface area contributed by atoms with Gasteiger partial charge in [0.25, 0.3) is 0 Å². The summed E-state index contributed by atoms with van der Waals surface area (Å²) in [7, 11) is 0. The van der Waals surface area contributed by atoms with E-state index in [0.717, 1.165) is 6.92 Å². The molecule has 0 saturated carbocycles. The van der Waals surface area contributed by atoms with Crippen molar-refractivity contribution in [2.24, 2.45) is 0 Å². The maximum atomic E-state index is 13.3. The van der Waals surface area contributed by atoms with Crippen LogP contribution in [0.2, 0.25) is 0 Å². The molecule has 0 aromatic rings. The van der Waals surface area contributed by atoms with E-state index in [1.165, 1.54) is 0 Å². The quantitative estimate of drug-likeness (QED) is 0.303. The second-order valence-corrected chi connectivity index (χ2v) is 5.67. The maximum absolute atomic E-state index is 13.3. The first-order valence-corrected chi connectivity index (χ1v) is 6.99. The molecule has 1 unspecified atom stereocenters. The number of hydrogen-bond acceptors (Lipinski definition) is 0. The molecule has 0 aromatic carbocycles. The minimum atomic E-state index is -8.49. The maximum Gasteiger partial charge on any atom is 0.385 e. The molecule has 0 radical (unpaired) electrons. The molecule has 0 bridgehead atoms. The van der Waals surface area contributed by atoms with Gasteiger partial charge < -0.3 is 0 Å². The zero-order valence-electron chi connectivity index (χ0n) is 13.5. The van der Waals surface area contributed by atoms with Gasteiger partial charge in [-0.25, -0.2) is 13.2 Å². The minimum absolute atomic E-state index is 0.800. The van der Waals surface area contributed by atoms with Crippen molar-refractivity contribution in [3.05, 3.63) is 0 Å². The normalized spacial score (nSPS) is 17.1. The molecule has 17 heteroatoms. The lowest BCUT2D eigenvalue weighted by Gasteiger charge is -2.42. The lowest BCUT2D eigenvalue weighted by Crippen LogP contribution is -2.74. The number of halogens is 17. The van der Waals surface area contributed by atoms with E-state index in [1.807, 2.05) is 0 Å². The topological polar surface area (TPSA) is 0 Å². The van der Waals surface area contributed by atoms with Crippen LogP contribution in [0, 0.1) is 0 Å². The SMILES string of the molecule is CCCC(F)C(F)(F)C(F)(F)C(F)(F)C(F)(F)C(F)(F)C(F)(F)C(F)(F)C(F)F. The summed E-state index contributed by atoms with van der Waals surface area (Å²) in [6.45, 7) is 0.800. The first-order valence-electron chi connectivity index (χ1n) is 6.99. The summed E-state index contributed by atoms with van der Waals surface area (Å²) >= 11 is 0. The summed E-state index contributed by atoms with van der Waals surface area (Å²) in [5, 5.41) is 0. The van der Waals surface area contributed by atoms with Gasteiger partial charge in [-0.2, -0.15) is 61.5 Å². The monoisotopic (exact) mass is 476 g/mol. The third kappa shape index (κ3) is 3.59. The summed E-state index contributed by atoms with van der Waals surface area (Å²) < 4.78 is 220. The van der Waals surface area contributed by atoms with E-state index in [0.29, 0.717) is 0 Å². The average Bonchev–Trinajstić information content (AvgIpc) is 2.53. The molecule has 0 aliphatic carbocycles. The second kappa shape index (κ2) is 7.50. The fraction of sp³-hybridized carbons (Fsp3) is 1.00. The molecule has 0 N–H and O–H groups in total. The summed E-state index contributed by atoms with van der Waals surface area (Å²) in [5.41, 5.74) is 0. The molecule has 0 spiro atoms. The zero-order chi connectivity index (χ0) is 24.1. The van der Waals surface area contributed by atoms with Gasteiger partial charge in [-0.15, -0.1) is 0 Å². The zero-order valence-corrected chi connectivity index (χ0v) is 13.5. The van der Waals surface area contributed by atoms with E-state index in [2.05, 4.69) is 0 Å². The van der Waals surface area contributed by atoms with Gasteiger partial charge in [0.2, 0.25) is 0 Å². The highest BCUT2D eigenvalue weighted by atomic mass is 19.4. The van der Waals surface area contributed by atoms with Crippen LogP contribution in [0.3, 0.4) is 0 Å². The smallest absolute Gasteiger partial charge is 0.241 e. The number of hydrogen-bond donors (Lipinski definition) is 0. The van der Waals surface area contributed by atoms with Crippen molar-refractivity contribution in [1.29, 1.82) is 0 Å². The summed E-state index contributed by atoms with van der Waals surface area (Å²) in [5.74, 6) is -55.6. The highest BCUT2D eigenvalue weighted by Crippen LogP contribution is 2.63. The third-order valence-corrected chi connectivity index (χ3v) is 3.62. The number of alkyl halides is 17. The molecular weight excluding hydrogens is 467 g/mol. The van der Waals surface area contributed by atoms with Crippen molar-refractivity contribution >= 4 is 0 Å². The molecule has 0 amide bonds. The molecule has 0 rings (SSSR count). The van der Waals surface area contributed by atoms with E-state index in [9.17, 15) is 74.6 Å². The van der Waals surface area contributed by atoms with Gasteiger partial charge in [-0.05, 0) is 6.42 Å². The Morgan fingerprint density at radius 3 is 1.03 bits per heavy atom. The molecule has 0 fully saturated rings. The van der Waals surface area contributed by atoms with Crippen molar-refractivity contribution in [3.8, 4) is 0 Å². The van der Waals surface area contributed by atoms with Crippen molar-refractivity contribution in [2.45, 2.75) is 73.8 Å². The molecule has 176 valence electrons. The molecule has 0 nitrogen and oxygen atoms in total. The molecule has 29 heavy (non-hydrogen) atoms. The van der Waals surface area contributed by atoms with Crippen LogP contribution in [0.4, 0.5) is 74.6 Å². The van der Waals surface area contributed by atoms with Gasteiger partial charge in [0.1, 0.15) is 0 Å². The van der Waals surface area contributed by atoms with Crippen molar-refractivity contribution in [1.82, 2.24) is 0 Å². The van der Waals surface area contributed by atoms with Gasteiger partial charge in [0, 0.05) is 0 Å². The van der Waals surface area contributed by atoms with Crippen molar-refractivity contribution in [3.63, 3.8) is 0 Å². The minimum Gasteiger partial charge on any atom is -0.241 e. The Morgan fingerprint density at radius 2 is 0.759 bits per heavy atom. The standard InChI is InChI=1S/C12H9F17/c1-2-3-4(13)6(16,17)8(20,21)10(24,25)12(28,29)11(26,27)9(22,23)7(18,19)5(14)15/h4-5H,2-3H2,1H3. The molecule has 0 aromatic heterocycles. The Kier molecular flexibility index (Phi) is 7.19. The van der Waals surface area contributed by atoms with Crippen molar-refractivity contribution < 1.29 is 74.6 Å². The third-order valence-electron chi connectivity index (χ3n) is 3.62. The predicted molar refractivity (Wildman–Crippen MR) is 60.4 cm³/mol. The van der Waals surface area contributed by atoms with Crippen LogP contribution in [0.5, 0.6) is 0 Å². The molecule has 0 aliphatic rings. The van der Waals surface area contributed by atoms with Crippen LogP contribution in [-0.2, 0) is 0 Å². The fourth-order valence-corrected chi connectivity index (χ4v) is 1.78. The highest BCUT2D eigenvalue weighted by molar-refractivity contribution is 5.15. The largest absolute Gasteiger partial charge is 0.385 e. The van der Waals surface area contributed by atoms with Crippen LogP contribution in [-0.4, -0.2) is 54.1 Å². The first-order chi connectivity index (χ1) is 12.4. The van der Waals surface area contributed by atoms with Gasteiger partial charge >= 0.3 is 47.9 Å². The van der Waals surface area contributed by atoms with Gasteiger partial charge in [-0.1, -0.05) is 13.3 Å². The average molecular weight is 476 g/mol. The van der Waals surface area contributed by atoms with E-state index < -0.39 is 66.9 Å². The molecule has 1 atom stereocenters. The predicted octanol–water partition coefficient (Wildman–Crippen LogP) is 6.84. The second-order valence-electron chi connectivity index (χ2n) is 5.67. The van der Waals surface area contributed by atoms with E-state index in [4.69, 9.17) is 0 Å². The van der Waals surface area contributed by atoms with E-state index in [-0.39, 0.29) is 0 Å². The molecule has 0 heterocycles. The Labute approximate surface area is 150 Å². The Hall–Kier alpha value is -1.19. The summed E-state index contributed by atoms with van der Waals surface area (Å²) in [4.78, 5) is 0. The Balaban J connectivity index is 6.60. The highest BCUT2D eigenvalue weighted by Gasteiger charge is 2.94. The Bertz CT molecular complexity index is 563. The molecule has 0 aliphatic heterocycles. The molecular formula is C12H9F17. The lowest BCUT2D eigenvalue weighted by atomic mass is 9.87.